The van der Waals surface area contributed by atoms with E-state index in [2.05, 4.69) is 0 Å². The summed E-state index contributed by atoms with van der Waals surface area (Å²) in [4.78, 5) is 10.4. The number of ether oxygens (including phenoxy) is 1. The van der Waals surface area contributed by atoms with E-state index >= 15 is 0 Å². The van der Waals surface area contributed by atoms with E-state index in [1.807, 2.05) is 43.4 Å². The molecule has 1 fully saturated rings. The predicted molar refractivity (Wildman–Crippen MR) is 109 cm³/mol. The van der Waals surface area contributed by atoms with Crippen molar-refractivity contribution in [3.8, 4) is 0 Å². The first-order chi connectivity index (χ1) is 13.4. The lowest BCUT2D eigenvalue weighted by molar-refractivity contribution is -0.136. The van der Waals surface area contributed by atoms with Crippen molar-refractivity contribution in [3.05, 3.63) is 48.6 Å². The number of aliphatic carboxylic acids is 1. The van der Waals surface area contributed by atoms with Gasteiger partial charge in [-0.05, 0) is 32.1 Å². The molecule has 6 nitrogen and oxygen atoms in total. The highest BCUT2D eigenvalue weighted by atomic mass is 16.5. The van der Waals surface area contributed by atoms with Crippen molar-refractivity contribution in [3.63, 3.8) is 0 Å². The molecule has 1 aliphatic heterocycles. The fourth-order valence-electron chi connectivity index (χ4n) is 2.79. The monoisotopic (exact) mass is 394 g/mol. The maximum atomic E-state index is 10.4. The largest absolute Gasteiger partial charge is 0.481 e. The van der Waals surface area contributed by atoms with E-state index in [-0.39, 0.29) is 12.5 Å². The molecule has 0 aromatic heterocycles. The van der Waals surface area contributed by atoms with E-state index in [0.29, 0.717) is 25.7 Å². The summed E-state index contributed by atoms with van der Waals surface area (Å²) in [7, 11) is 0. The summed E-state index contributed by atoms with van der Waals surface area (Å²) >= 11 is 0. The molecular weight excluding hydrogens is 360 g/mol. The minimum Gasteiger partial charge on any atom is -0.481 e. The number of aliphatic hydroxyl groups is 3. The van der Waals surface area contributed by atoms with Crippen molar-refractivity contribution in [1.29, 1.82) is 0 Å². The molecule has 0 aromatic rings. The first kappa shape index (κ1) is 24.3. The lowest BCUT2D eigenvalue weighted by Gasteiger charge is -2.16. The number of allylic oxidation sites excluding steroid dienone is 5. The number of hydrogen-bond donors (Lipinski definition) is 4. The average Bonchev–Trinajstić information content (AvgIpc) is 3.04. The summed E-state index contributed by atoms with van der Waals surface area (Å²) in [5.41, 5.74) is 0. The molecule has 0 radical (unpaired) electrons. The highest BCUT2D eigenvalue weighted by Crippen LogP contribution is 2.26. The molecule has 0 saturated carbocycles. The summed E-state index contributed by atoms with van der Waals surface area (Å²) < 4.78 is 5.75. The van der Waals surface area contributed by atoms with Crippen molar-refractivity contribution in [1.82, 2.24) is 0 Å². The third-order valence-corrected chi connectivity index (χ3v) is 4.52. The van der Waals surface area contributed by atoms with Crippen LogP contribution in [-0.4, -0.2) is 56.9 Å². The minimum absolute atomic E-state index is 0.160. The van der Waals surface area contributed by atoms with Gasteiger partial charge < -0.3 is 25.2 Å². The van der Waals surface area contributed by atoms with Gasteiger partial charge in [0, 0.05) is 12.8 Å². The zero-order valence-electron chi connectivity index (χ0n) is 16.6. The predicted octanol–water partition coefficient (Wildman–Crippen LogP) is 2.90. The zero-order chi connectivity index (χ0) is 20.8. The second-order valence-corrected chi connectivity index (χ2v) is 6.92. The number of carboxylic acids is 1. The third-order valence-electron chi connectivity index (χ3n) is 4.52. The first-order valence-electron chi connectivity index (χ1n) is 9.98. The van der Waals surface area contributed by atoms with Crippen LogP contribution in [0.4, 0.5) is 0 Å². The SMILES string of the molecule is CC[C@H](O)/C=C/[C@@H](O)[C@@H]1C[C@H](O)[C@@H](C/C=C\C/C=C\C/C=C\CCC(=O)O)O1. The third kappa shape index (κ3) is 10.6. The van der Waals surface area contributed by atoms with Crippen LogP contribution in [0, 0.1) is 0 Å². The van der Waals surface area contributed by atoms with Crippen LogP contribution in [0.15, 0.2) is 48.6 Å². The van der Waals surface area contributed by atoms with Crippen molar-refractivity contribution < 1.29 is 30.0 Å². The van der Waals surface area contributed by atoms with Crippen molar-refractivity contribution >= 4 is 5.97 Å². The van der Waals surface area contributed by atoms with E-state index in [0.717, 1.165) is 12.8 Å². The van der Waals surface area contributed by atoms with Gasteiger partial charge in [-0.2, -0.15) is 0 Å². The van der Waals surface area contributed by atoms with E-state index < -0.39 is 30.4 Å². The maximum absolute atomic E-state index is 10.4. The van der Waals surface area contributed by atoms with Crippen LogP contribution < -0.4 is 0 Å². The second-order valence-electron chi connectivity index (χ2n) is 6.92. The molecular formula is C22H34O6. The van der Waals surface area contributed by atoms with Crippen LogP contribution in [0.25, 0.3) is 0 Å². The van der Waals surface area contributed by atoms with Gasteiger partial charge in [-0.3, -0.25) is 4.79 Å². The summed E-state index contributed by atoms with van der Waals surface area (Å²) in [6.07, 6.45) is 15.9. The van der Waals surface area contributed by atoms with Gasteiger partial charge >= 0.3 is 5.97 Å². The number of carbonyl (C=O) groups is 1. The molecule has 0 amide bonds. The van der Waals surface area contributed by atoms with Crippen LogP contribution in [0.2, 0.25) is 0 Å². The minimum atomic E-state index is -0.837. The molecule has 158 valence electrons. The van der Waals surface area contributed by atoms with Crippen LogP contribution in [-0.2, 0) is 9.53 Å². The Labute approximate surface area is 167 Å². The van der Waals surface area contributed by atoms with Gasteiger partial charge in [0.05, 0.1) is 30.5 Å². The second kappa shape index (κ2) is 14.3. The van der Waals surface area contributed by atoms with Gasteiger partial charge in [-0.25, -0.2) is 0 Å². The van der Waals surface area contributed by atoms with E-state index in [1.54, 1.807) is 6.08 Å². The smallest absolute Gasteiger partial charge is 0.303 e. The van der Waals surface area contributed by atoms with Crippen LogP contribution in [0.5, 0.6) is 0 Å². The van der Waals surface area contributed by atoms with Gasteiger partial charge in [0.25, 0.3) is 0 Å². The normalized spacial score (nSPS) is 25.5. The van der Waals surface area contributed by atoms with Gasteiger partial charge in [0.2, 0.25) is 0 Å². The Morgan fingerprint density at radius 2 is 1.71 bits per heavy atom. The molecule has 1 saturated heterocycles. The summed E-state index contributed by atoms with van der Waals surface area (Å²) in [6, 6.07) is 0. The van der Waals surface area contributed by atoms with E-state index in [4.69, 9.17) is 9.84 Å². The molecule has 4 N–H and O–H groups in total. The molecule has 5 atom stereocenters. The fraction of sp³-hybridized carbons (Fsp3) is 0.591. The Balaban J connectivity index is 2.23. The molecule has 28 heavy (non-hydrogen) atoms. The number of aliphatic hydroxyl groups excluding tert-OH is 3. The standard InChI is InChI=1S/C22H34O6/c1-2-17(23)14-15-18(24)21-16-19(25)20(28-21)12-10-8-6-4-3-5-7-9-11-13-22(26)27/h3-4,7-10,14-15,17-21,23-25H,2,5-6,11-13,16H2,1H3,(H,26,27)/b4-3-,9-7-,10-8-,15-14+/t17-,18+,19-,20+,21-/m0/s1. The number of hydrogen-bond acceptors (Lipinski definition) is 5. The van der Waals surface area contributed by atoms with Gasteiger partial charge in [-0.15, -0.1) is 0 Å². The summed E-state index contributed by atoms with van der Waals surface area (Å²) in [5, 5.41) is 38.2. The van der Waals surface area contributed by atoms with Gasteiger partial charge in [-0.1, -0.05) is 55.5 Å². The van der Waals surface area contributed by atoms with Crippen molar-refractivity contribution in [2.24, 2.45) is 0 Å². The molecule has 0 aromatic carbocycles. The van der Waals surface area contributed by atoms with E-state index in [1.165, 1.54) is 6.08 Å². The van der Waals surface area contributed by atoms with Crippen LogP contribution in [0.1, 0.15) is 51.9 Å². The molecule has 0 bridgehead atoms. The lowest BCUT2D eigenvalue weighted by atomic mass is 10.0. The van der Waals surface area contributed by atoms with Crippen LogP contribution >= 0.6 is 0 Å². The topological polar surface area (TPSA) is 107 Å². The molecule has 6 heteroatoms. The molecule has 1 heterocycles. The Hall–Kier alpha value is -1.73. The number of rotatable bonds is 13. The highest BCUT2D eigenvalue weighted by Gasteiger charge is 2.36. The highest BCUT2D eigenvalue weighted by molar-refractivity contribution is 5.66. The Morgan fingerprint density at radius 3 is 2.36 bits per heavy atom. The maximum Gasteiger partial charge on any atom is 0.303 e. The molecule has 0 unspecified atom stereocenters. The molecule has 1 rings (SSSR count). The Kier molecular flexibility index (Phi) is 12.4. The number of carboxylic acid groups (broad SMARTS) is 1. The Morgan fingerprint density at radius 1 is 1.07 bits per heavy atom. The molecule has 0 spiro atoms. The summed E-state index contributed by atoms with van der Waals surface area (Å²) in [5.74, 6) is -0.783. The molecule has 0 aliphatic carbocycles. The average molecular weight is 395 g/mol. The fourth-order valence-corrected chi connectivity index (χ4v) is 2.79. The van der Waals surface area contributed by atoms with Gasteiger partial charge in [0.15, 0.2) is 0 Å². The Bertz CT molecular complexity index is 551. The summed E-state index contributed by atoms with van der Waals surface area (Å²) in [6.45, 7) is 1.86. The van der Waals surface area contributed by atoms with Crippen molar-refractivity contribution in [2.75, 3.05) is 0 Å². The van der Waals surface area contributed by atoms with Crippen LogP contribution in [0.3, 0.4) is 0 Å². The molecule has 1 aliphatic rings. The van der Waals surface area contributed by atoms with Crippen molar-refractivity contribution in [2.45, 2.75) is 82.4 Å². The van der Waals surface area contributed by atoms with E-state index in [9.17, 15) is 20.1 Å². The van der Waals surface area contributed by atoms with Gasteiger partial charge in [0.1, 0.15) is 0 Å². The first-order valence-corrected chi connectivity index (χ1v) is 9.98. The lowest BCUT2D eigenvalue weighted by Crippen LogP contribution is -2.24. The zero-order valence-corrected chi connectivity index (χ0v) is 16.6. The quantitative estimate of drug-likeness (QED) is 0.358.